The number of ether oxygens (including phenoxy) is 1. The van der Waals surface area contributed by atoms with Crippen molar-refractivity contribution in [2.45, 2.75) is 20.4 Å². The van der Waals surface area contributed by atoms with E-state index in [0.29, 0.717) is 40.1 Å². The van der Waals surface area contributed by atoms with Gasteiger partial charge in [-0.1, -0.05) is 53.3 Å². The number of anilines is 2. The second-order valence-electron chi connectivity index (χ2n) is 7.44. The quantitative estimate of drug-likeness (QED) is 0.284. The minimum absolute atomic E-state index is 0.272. The van der Waals surface area contributed by atoms with Gasteiger partial charge in [0.15, 0.2) is 5.13 Å². The van der Waals surface area contributed by atoms with Crippen LogP contribution in [0.4, 0.5) is 15.6 Å². The topological polar surface area (TPSA) is 92.3 Å². The van der Waals surface area contributed by atoms with Gasteiger partial charge in [-0.15, -0.1) is 0 Å². The molecule has 1 heterocycles. The largest absolute Gasteiger partial charge is 0.494 e. The van der Waals surface area contributed by atoms with Crippen LogP contribution in [0, 0.1) is 6.92 Å². The zero-order valence-electron chi connectivity index (χ0n) is 18.6. The van der Waals surface area contributed by atoms with Gasteiger partial charge in [-0.25, -0.2) is 9.78 Å². The first kappa shape index (κ1) is 23.5. The van der Waals surface area contributed by atoms with Gasteiger partial charge in [0.2, 0.25) is 0 Å². The normalized spacial score (nSPS) is 10.7. The van der Waals surface area contributed by atoms with Gasteiger partial charge < -0.3 is 15.4 Å². The molecular weight excluding hydrogens is 472 g/mol. The van der Waals surface area contributed by atoms with Crippen molar-refractivity contribution >= 4 is 55.9 Å². The minimum atomic E-state index is -0.377. The monoisotopic (exact) mass is 494 g/mol. The molecule has 0 aliphatic carbocycles. The Morgan fingerprint density at radius 2 is 1.88 bits per heavy atom. The summed E-state index contributed by atoms with van der Waals surface area (Å²) in [6.07, 6.45) is 0. The van der Waals surface area contributed by atoms with E-state index in [1.54, 1.807) is 24.3 Å². The van der Waals surface area contributed by atoms with Gasteiger partial charge in [0.05, 0.1) is 27.5 Å². The van der Waals surface area contributed by atoms with Crippen LogP contribution in [-0.4, -0.2) is 23.5 Å². The molecule has 0 bridgehead atoms. The summed E-state index contributed by atoms with van der Waals surface area (Å²) >= 11 is 7.51. The third-order valence-electron chi connectivity index (χ3n) is 5.04. The Morgan fingerprint density at radius 3 is 2.68 bits per heavy atom. The fourth-order valence-corrected chi connectivity index (χ4v) is 4.53. The van der Waals surface area contributed by atoms with E-state index < -0.39 is 0 Å². The highest BCUT2D eigenvalue weighted by Gasteiger charge is 2.14. The smallest absolute Gasteiger partial charge is 0.321 e. The van der Waals surface area contributed by atoms with E-state index in [-0.39, 0.29) is 11.9 Å². The molecule has 0 radical (unpaired) electrons. The molecule has 3 N–H and O–H groups in total. The highest BCUT2D eigenvalue weighted by Crippen LogP contribution is 2.29. The van der Waals surface area contributed by atoms with Crippen LogP contribution in [0.3, 0.4) is 0 Å². The van der Waals surface area contributed by atoms with Crippen molar-refractivity contribution in [2.24, 2.45) is 0 Å². The first-order chi connectivity index (χ1) is 16.4. The molecule has 34 heavy (non-hydrogen) atoms. The first-order valence-corrected chi connectivity index (χ1v) is 11.9. The third kappa shape index (κ3) is 5.47. The molecule has 0 saturated carbocycles. The Kier molecular flexibility index (Phi) is 7.30. The predicted octanol–water partition coefficient (Wildman–Crippen LogP) is 6.23. The van der Waals surface area contributed by atoms with Crippen LogP contribution < -0.4 is 20.7 Å². The van der Waals surface area contributed by atoms with Gasteiger partial charge >= 0.3 is 6.03 Å². The van der Waals surface area contributed by atoms with Crippen LogP contribution in [-0.2, 0) is 6.54 Å². The summed E-state index contributed by atoms with van der Waals surface area (Å²) in [5.41, 5.74) is 3.50. The van der Waals surface area contributed by atoms with E-state index in [4.69, 9.17) is 16.3 Å². The molecule has 0 spiro atoms. The Labute approximate surface area is 206 Å². The molecule has 1 aromatic heterocycles. The van der Waals surface area contributed by atoms with Crippen molar-refractivity contribution in [1.82, 2.24) is 10.3 Å². The van der Waals surface area contributed by atoms with E-state index in [2.05, 4.69) is 20.9 Å². The molecule has 0 aliphatic rings. The van der Waals surface area contributed by atoms with Gasteiger partial charge in [-0.2, -0.15) is 0 Å². The van der Waals surface area contributed by atoms with E-state index in [0.717, 1.165) is 21.6 Å². The maximum atomic E-state index is 12.8. The highest BCUT2D eigenvalue weighted by molar-refractivity contribution is 7.22. The number of nitrogens with zero attached hydrogens (tertiary/aromatic N) is 1. The van der Waals surface area contributed by atoms with Crippen LogP contribution >= 0.6 is 22.9 Å². The van der Waals surface area contributed by atoms with E-state index in [9.17, 15) is 9.59 Å². The number of hydrogen-bond donors (Lipinski definition) is 3. The Hall–Kier alpha value is -3.62. The van der Waals surface area contributed by atoms with Gasteiger partial charge in [0.1, 0.15) is 5.75 Å². The summed E-state index contributed by atoms with van der Waals surface area (Å²) < 4.78 is 6.36. The van der Waals surface area contributed by atoms with Gasteiger partial charge in [-0.05, 0) is 49.7 Å². The number of aryl methyl sites for hydroxylation is 1. The average molecular weight is 495 g/mol. The molecule has 0 unspecified atom stereocenters. The van der Waals surface area contributed by atoms with Gasteiger partial charge in [0, 0.05) is 17.7 Å². The molecule has 0 atom stereocenters. The summed E-state index contributed by atoms with van der Waals surface area (Å²) in [5.74, 6) is 0.467. The van der Waals surface area contributed by atoms with E-state index >= 15 is 0 Å². The standard InChI is InChI=1S/C25H23ClN4O3S/c1-3-33-20-10-5-4-8-17(20)14-27-24(32)30-25-28-19-12-11-16(13-21(19)34-25)23(31)29-22-15(2)7-6-9-18(22)26/h4-13H,3,14H2,1-2H3,(H,29,31)(H2,27,28,30,32). The summed E-state index contributed by atoms with van der Waals surface area (Å²) in [7, 11) is 0. The maximum Gasteiger partial charge on any atom is 0.321 e. The van der Waals surface area contributed by atoms with Crippen LogP contribution in [0.25, 0.3) is 10.2 Å². The maximum absolute atomic E-state index is 12.8. The number of hydrogen-bond acceptors (Lipinski definition) is 5. The molecule has 7 nitrogen and oxygen atoms in total. The zero-order valence-corrected chi connectivity index (χ0v) is 20.2. The Morgan fingerprint density at radius 1 is 1.06 bits per heavy atom. The summed E-state index contributed by atoms with van der Waals surface area (Å²) in [5, 5.41) is 9.36. The number of carbonyl (C=O) groups excluding carboxylic acids is 2. The number of thiazole rings is 1. The average Bonchev–Trinajstić information content (AvgIpc) is 3.22. The van der Waals surface area contributed by atoms with E-state index in [1.807, 2.05) is 50.2 Å². The number of para-hydroxylation sites is 2. The lowest BCUT2D eigenvalue weighted by Gasteiger charge is -2.10. The Balaban J connectivity index is 1.42. The van der Waals surface area contributed by atoms with Gasteiger partial charge in [0.25, 0.3) is 5.91 Å². The summed E-state index contributed by atoms with van der Waals surface area (Å²) in [6.45, 7) is 4.66. The van der Waals surface area contributed by atoms with Crippen LogP contribution in [0.2, 0.25) is 5.02 Å². The molecule has 9 heteroatoms. The van der Waals surface area contributed by atoms with Crippen molar-refractivity contribution in [2.75, 3.05) is 17.2 Å². The van der Waals surface area contributed by atoms with E-state index in [1.165, 1.54) is 11.3 Å². The first-order valence-electron chi connectivity index (χ1n) is 10.7. The molecule has 174 valence electrons. The molecule has 4 rings (SSSR count). The second kappa shape index (κ2) is 10.5. The highest BCUT2D eigenvalue weighted by atomic mass is 35.5. The van der Waals surface area contributed by atoms with Crippen molar-refractivity contribution in [1.29, 1.82) is 0 Å². The van der Waals surface area contributed by atoms with Crippen molar-refractivity contribution in [3.05, 3.63) is 82.4 Å². The molecule has 3 aromatic carbocycles. The molecule has 0 fully saturated rings. The van der Waals surface area contributed by atoms with Crippen molar-refractivity contribution in [3.63, 3.8) is 0 Å². The molecule has 0 saturated heterocycles. The molecule has 4 aromatic rings. The number of nitrogens with one attached hydrogen (secondary N) is 3. The van der Waals surface area contributed by atoms with Crippen LogP contribution in [0.1, 0.15) is 28.4 Å². The fourth-order valence-electron chi connectivity index (χ4n) is 3.36. The zero-order chi connectivity index (χ0) is 24.1. The number of carbonyl (C=O) groups is 2. The van der Waals surface area contributed by atoms with Crippen LogP contribution in [0.5, 0.6) is 5.75 Å². The number of amides is 3. The summed E-state index contributed by atoms with van der Waals surface area (Å²) in [6, 6.07) is 17.8. The Bertz CT molecular complexity index is 1340. The number of rotatable bonds is 7. The van der Waals surface area contributed by atoms with Crippen molar-refractivity contribution in [3.8, 4) is 5.75 Å². The second-order valence-corrected chi connectivity index (χ2v) is 8.87. The molecule has 0 aliphatic heterocycles. The molecule has 3 amide bonds. The minimum Gasteiger partial charge on any atom is -0.494 e. The summed E-state index contributed by atoms with van der Waals surface area (Å²) in [4.78, 5) is 29.6. The lowest BCUT2D eigenvalue weighted by Crippen LogP contribution is -2.28. The number of aromatic nitrogens is 1. The van der Waals surface area contributed by atoms with Crippen LogP contribution in [0.15, 0.2) is 60.7 Å². The number of fused-ring (bicyclic) bond motifs is 1. The third-order valence-corrected chi connectivity index (χ3v) is 6.29. The lowest BCUT2D eigenvalue weighted by molar-refractivity contribution is 0.102. The molecular formula is C25H23ClN4O3S. The van der Waals surface area contributed by atoms with Gasteiger partial charge in [-0.3, -0.25) is 10.1 Å². The van der Waals surface area contributed by atoms with Crippen molar-refractivity contribution < 1.29 is 14.3 Å². The fraction of sp³-hybridized carbons (Fsp3) is 0.160. The predicted molar refractivity (Wildman–Crippen MR) is 137 cm³/mol. The SMILES string of the molecule is CCOc1ccccc1CNC(=O)Nc1nc2ccc(C(=O)Nc3c(C)cccc3Cl)cc2s1. The number of halogens is 1. The number of urea groups is 1. The lowest BCUT2D eigenvalue weighted by atomic mass is 10.1. The number of benzene rings is 3.